The SMILES string of the molecule is CN(C(=O)OC(C)(C)C)c1cc(Oc2ccccc2N2CCOCC2)ccc1[N+](=O)[O-]. The van der Waals surface area contributed by atoms with Crippen LogP contribution in [0.4, 0.5) is 21.9 Å². The van der Waals surface area contributed by atoms with Crippen LogP contribution in [-0.4, -0.2) is 50.0 Å². The molecule has 166 valence electrons. The molecule has 1 heterocycles. The van der Waals surface area contributed by atoms with Gasteiger partial charge < -0.3 is 19.1 Å². The first-order chi connectivity index (χ1) is 14.7. The highest BCUT2D eigenvalue weighted by molar-refractivity contribution is 5.90. The van der Waals surface area contributed by atoms with Gasteiger partial charge in [-0.2, -0.15) is 0 Å². The molecule has 0 aromatic heterocycles. The van der Waals surface area contributed by atoms with Crippen LogP contribution in [0.15, 0.2) is 42.5 Å². The topological polar surface area (TPSA) is 94.4 Å². The maximum absolute atomic E-state index is 12.5. The first kappa shape index (κ1) is 22.4. The van der Waals surface area contributed by atoms with Crippen molar-refractivity contribution in [1.29, 1.82) is 0 Å². The first-order valence-corrected chi connectivity index (χ1v) is 10.0. The fourth-order valence-electron chi connectivity index (χ4n) is 3.15. The fraction of sp³-hybridized carbons (Fsp3) is 0.409. The van der Waals surface area contributed by atoms with Gasteiger partial charge in [0.05, 0.1) is 23.8 Å². The minimum atomic E-state index is -0.731. The summed E-state index contributed by atoms with van der Waals surface area (Å²) in [7, 11) is 1.43. The van der Waals surface area contributed by atoms with E-state index in [-0.39, 0.29) is 11.4 Å². The number of benzene rings is 2. The van der Waals surface area contributed by atoms with Crippen molar-refractivity contribution in [3.63, 3.8) is 0 Å². The molecule has 9 heteroatoms. The lowest BCUT2D eigenvalue weighted by atomic mass is 10.2. The number of nitro groups is 1. The normalized spacial score (nSPS) is 14.1. The lowest BCUT2D eigenvalue weighted by Gasteiger charge is -2.30. The molecule has 1 aliphatic heterocycles. The Kier molecular flexibility index (Phi) is 6.65. The molecule has 2 aromatic rings. The van der Waals surface area contributed by atoms with Crippen LogP contribution < -0.4 is 14.5 Å². The molecule has 3 rings (SSSR count). The monoisotopic (exact) mass is 429 g/mol. The molecular weight excluding hydrogens is 402 g/mol. The lowest BCUT2D eigenvalue weighted by Crippen LogP contribution is -2.36. The third-order valence-corrected chi connectivity index (χ3v) is 4.62. The number of carbonyl (C=O) groups excluding carboxylic acids is 1. The Morgan fingerprint density at radius 1 is 1.16 bits per heavy atom. The Bertz CT molecular complexity index is 951. The van der Waals surface area contributed by atoms with Crippen LogP contribution in [0.3, 0.4) is 0 Å². The summed E-state index contributed by atoms with van der Waals surface area (Å²) >= 11 is 0. The first-order valence-electron chi connectivity index (χ1n) is 10.0. The van der Waals surface area contributed by atoms with E-state index >= 15 is 0 Å². The van der Waals surface area contributed by atoms with Gasteiger partial charge in [-0.25, -0.2) is 4.79 Å². The molecule has 1 amide bonds. The van der Waals surface area contributed by atoms with E-state index in [0.29, 0.717) is 24.7 Å². The van der Waals surface area contributed by atoms with E-state index in [9.17, 15) is 14.9 Å². The largest absolute Gasteiger partial charge is 0.455 e. The van der Waals surface area contributed by atoms with Gasteiger partial charge >= 0.3 is 6.09 Å². The number of amides is 1. The van der Waals surface area contributed by atoms with Gasteiger partial charge in [-0.3, -0.25) is 15.0 Å². The number of morpholine rings is 1. The van der Waals surface area contributed by atoms with Crippen molar-refractivity contribution in [3.8, 4) is 11.5 Å². The van der Waals surface area contributed by atoms with Crippen molar-refractivity contribution in [1.82, 2.24) is 0 Å². The second-order valence-corrected chi connectivity index (χ2v) is 8.12. The second kappa shape index (κ2) is 9.22. The summed E-state index contributed by atoms with van der Waals surface area (Å²) < 4.78 is 16.9. The van der Waals surface area contributed by atoms with Crippen LogP contribution in [0.25, 0.3) is 0 Å². The van der Waals surface area contributed by atoms with E-state index in [2.05, 4.69) is 4.90 Å². The molecule has 0 N–H and O–H groups in total. The maximum Gasteiger partial charge on any atom is 0.414 e. The predicted molar refractivity (Wildman–Crippen MR) is 117 cm³/mol. The van der Waals surface area contributed by atoms with Crippen LogP contribution in [-0.2, 0) is 9.47 Å². The number of hydrogen-bond donors (Lipinski definition) is 0. The van der Waals surface area contributed by atoms with Crippen molar-refractivity contribution in [2.45, 2.75) is 26.4 Å². The number of carbonyl (C=O) groups is 1. The third kappa shape index (κ3) is 5.64. The van der Waals surface area contributed by atoms with E-state index in [1.807, 2.05) is 24.3 Å². The molecule has 1 saturated heterocycles. The van der Waals surface area contributed by atoms with Gasteiger partial charge in [-0.1, -0.05) is 12.1 Å². The fourth-order valence-corrected chi connectivity index (χ4v) is 3.15. The van der Waals surface area contributed by atoms with Crippen molar-refractivity contribution in [2.24, 2.45) is 0 Å². The van der Waals surface area contributed by atoms with Gasteiger partial charge in [-0.05, 0) is 39.0 Å². The number of anilines is 2. The van der Waals surface area contributed by atoms with E-state index in [4.69, 9.17) is 14.2 Å². The number of para-hydroxylation sites is 2. The summed E-state index contributed by atoms with van der Waals surface area (Å²) in [6.45, 7) is 7.95. The number of nitrogens with zero attached hydrogens (tertiary/aromatic N) is 3. The highest BCUT2D eigenvalue weighted by Gasteiger charge is 2.27. The van der Waals surface area contributed by atoms with Crippen LogP contribution in [0.1, 0.15) is 20.8 Å². The molecule has 0 atom stereocenters. The van der Waals surface area contributed by atoms with Crippen LogP contribution >= 0.6 is 0 Å². The van der Waals surface area contributed by atoms with Gasteiger partial charge in [0.2, 0.25) is 0 Å². The second-order valence-electron chi connectivity index (χ2n) is 8.12. The average Bonchev–Trinajstić information content (AvgIpc) is 2.73. The molecule has 0 aliphatic carbocycles. The molecule has 0 saturated carbocycles. The summed E-state index contributed by atoms with van der Waals surface area (Å²) in [5.41, 5.74) is 0.0414. The molecule has 0 radical (unpaired) electrons. The highest BCUT2D eigenvalue weighted by atomic mass is 16.6. The molecule has 31 heavy (non-hydrogen) atoms. The van der Waals surface area contributed by atoms with Crippen LogP contribution in [0.5, 0.6) is 11.5 Å². The number of rotatable bonds is 5. The summed E-state index contributed by atoms with van der Waals surface area (Å²) in [5.74, 6) is 0.987. The summed E-state index contributed by atoms with van der Waals surface area (Å²) in [6.07, 6.45) is -0.693. The van der Waals surface area contributed by atoms with Gasteiger partial charge in [-0.15, -0.1) is 0 Å². The smallest absolute Gasteiger partial charge is 0.414 e. The van der Waals surface area contributed by atoms with Crippen molar-refractivity contribution in [3.05, 3.63) is 52.6 Å². The zero-order valence-electron chi connectivity index (χ0n) is 18.2. The standard InChI is InChI=1S/C22H27N3O6/c1-22(2,3)31-21(26)23(4)19-15-16(9-10-17(19)25(27)28)30-20-8-6-5-7-18(20)24-11-13-29-14-12-24/h5-10,15H,11-14H2,1-4H3. The Hall–Kier alpha value is -3.33. The van der Waals surface area contributed by atoms with E-state index in [1.165, 1.54) is 25.2 Å². The number of hydrogen-bond acceptors (Lipinski definition) is 7. The summed E-state index contributed by atoms with van der Waals surface area (Å²) in [5, 5.41) is 11.5. The van der Waals surface area contributed by atoms with Gasteiger partial charge in [0, 0.05) is 32.3 Å². The minimum Gasteiger partial charge on any atom is -0.455 e. The number of nitro benzene ring substituents is 1. The lowest BCUT2D eigenvalue weighted by molar-refractivity contribution is -0.384. The molecule has 0 bridgehead atoms. The predicted octanol–water partition coefficient (Wildman–Crippen LogP) is 4.60. The van der Waals surface area contributed by atoms with Gasteiger partial charge in [0.25, 0.3) is 5.69 Å². The van der Waals surface area contributed by atoms with Gasteiger partial charge in [0.15, 0.2) is 5.75 Å². The van der Waals surface area contributed by atoms with E-state index in [1.54, 1.807) is 20.8 Å². The van der Waals surface area contributed by atoms with Crippen molar-refractivity contribution in [2.75, 3.05) is 43.2 Å². The number of ether oxygens (including phenoxy) is 3. The Labute approximate surface area is 181 Å². The molecule has 1 aliphatic rings. The minimum absolute atomic E-state index is 0.0839. The van der Waals surface area contributed by atoms with E-state index in [0.717, 1.165) is 23.7 Å². The third-order valence-electron chi connectivity index (χ3n) is 4.62. The Balaban J connectivity index is 1.91. The summed E-state index contributed by atoms with van der Waals surface area (Å²) in [6, 6.07) is 11.9. The highest BCUT2D eigenvalue weighted by Crippen LogP contribution is 2.37. The van der Waals surface area contributed by atoms with Crippen molar-refractivity contribution < 1.29 is 23.9 Å². The molecule has 0 unspecified atom stereocenters. The molecule has 0 spiro atoms. The molecular formula is C22H27N3O6. The van der Waals surface area contributed by atoms with Crippen LogP contribution in [0.2, 0.25) is 0 Å². The molecule has 2 aromatic carbocycles. The summed E-state index contributed by atoms with van der Waals surface area (Å²) in [4.78, 5) is 26.8. The van der Waals surface area contributed by atoms with Crippen molar-refractivity contribution >= 4 is 23.2 Å². The quantitative estimate of drug-likeness (QED) is 0.506. The average molecular weight is 429 g/mol. The molecule has 9 nitrogen and oxygen atoms in total. The Morgan fingerprint density at radius 3 is 2.48 bits per heavy atom. The zero-order chi connectivity index (χ0) is 22.6. The van der Waals surface area contributed by atoms with Gasteiger partial charge in [0.1, 0.15) is 17.0 Å². The van der Waals surface area contributed by atoms with E-state index < -0.39 is 16.6 Å². The van der Waals surface area contributed by atoms with Crippen LogP contribution in [0, 0.1) is 10.1 Å². The maximum atomic E-state index is 12.5. The Morgan fingerprint density at radius 2 is 1.84 bits per heavy atom. The molecule has 1 fully saturated rings. The zero-order valence-corrected chi connectivity index (χ0v) is 18.2.